The van der Waals surface area contributed by atoms with Crippen molar-refractivity contribution in [1.82, 2.24) is 5.32 Å². The summed E-state index contributed by atoms with van der Waals surface area (Å²) in [4.78, 5) is 26.6. The number of nitrogens with one attached hydrogen (secondary N) is 1. The molecule has 1 amide bonds. The van der Waals surface area contributed by atoms with Crippen molar-refractivity contribution in [2.24, 2.45) is 0 Å². The van der Waals surface area contributed by atoms with Gasteiger partial charge >= 0.3 is 5.97 Å². The number of rotatable bonds is 58. The molecule has 1 saturated heterocycles. The van der Waals surface area contributed by atoms with Crippen molar-refractivity contribution in [3.63, 3.8) is 0 Å². The first-order valence-electron chi connectivity index (χ1n) is 33.8. The van der Waals surface area contributed by atoms with Crippen molar-refractivity contribution in [3.8, 4) is 0 Å². The summed E-state index contributed by atoms with van der Waals surface area (Å²) in [5.74, 6) is -1.18. The third-order valence-electron chi connectivity index (χ3n) is 16.0. The summed E-state index contributed by atoms with van der Waals surface area (Å²) in [6.07, 6.45) is 57.7. The molecule has 0 bridgehead atoms. The SMILES string of the molecule is CCCCC/C=C\C/C=C\CCCCCCCCCCCCCCCCCCC(O)C(=O)NC(COC1OC(CO)C(O)C(O)C1OC(=O)CCCCCCCCCCCCCCC)C(O)/C=C/CCCCCCCCCCC. The van der Waals surface area contributed by atoms with Crippen LogP contribution in [0.5, 0.6) is 0 Å². The van der Waals surface area contributed by atoms with Crippen LogP contribution in [0.1, 0.15) is 323 Å². The largest absolute Gasteiger partial charge is 0.454 e. The van der Waals surface area contributed by atoms with Gasteiger partial charge in [0.1, 0.15) is 24.4 Å². The molecule has 11 nitrogen and oxygen atoms in total. The lowest BCUT2D eigenvalue weighted by atomic mass is 9.99. The zero-order chi connectivity index (χ0) is 57.5. The van der Waals surface area contributed by atoms with Crippen LogP contribution in [0.4, 0.5) is 0 Å². The Morgan fingerprint density at radius 2 is 0.873 bits per heavy atom. The van der Waals surface area contributed by atoms with E-state index in [2.05, 4.69) is 50.4 Å². The number of hydrogen-bond acceptors (Lipinski definition) is 10. The number of allylic oxidation sites excluding steroid dienone is 5. The van der Waals surface area contributed by atoms with Gasteiger partial charge in [0.2, 0.25) is 5.91 Å². The molecule has 8 atom stereocenters. The number of hydrogen-bond donors (Lipinski definition) is 6. The third-order valence-corrected chi connectivity index (χ3v) is 16.0. The minimum atomic E-state index is -1.61. The van der Waals surface area contributed by atoms with Crippen LogP contribution in [0.25, 0.3) is 0 Å². The van der Waals surface area contributed by atoms with E-state index < -0.39 is 67.4 Å². The highest BCUT2D eigenvalue weighted by atomic mass is 16.7. The van der Waals surface area contributed by atoms with Gasteiger partial charge in [-0.05, 0) is 57.8 Å². The highest BCUT2D eigenvalue weighted by molar-refractivity contribution is 5.80. The molecule has 1 aliphatic rings. The van der Waals surface area contributed by atoms with Crippen molar-refractivity contribution in [2.75, 3.05) is 13.2 Å². The Bertz CT molecular complexity index is 1420. The molecule has 11 heteroatoms. The summed E-state index contributed by atoms with van der Waals surface area (Å²) in [5, 5.41) is 57.0. The van der Waals surface area contributed by atoms with Gasteiger partial charge in [0.25, 0.3) is 0 Å². The van der Waals surface area contributed by atoms with Crippen molar-refractivity contribution in [2.45, 2.75) is 372 Å². The smallest absolute Gasteiger partial charge is 0.306 e. The van der Waals surface area contributed by atoms with Crippen molar-refractivity contribution in [3.05, 3.63) is 36.5 Å². The number of aliphatic hydroxyl groups is 5. The van der Waals surface area contributed by atoms with E-state index in [1.807, 2.05) is 6.08 Å². The Balaban J connectivity index is 2.53. The van der Waals surface area contributed by atoms with Gasteiger partial charge in [-0.15, -0.1) is 0 Å². The summed E-state index contributed by atoms with van der Waals surface area (Å²) in [6, 6.07) is -1.02. The molecule has 0 radical (unpaired) electrons. The molecule has 464 valence electrons. The normalized spacial score (nSPS) is 19.0. The van der Waals surface area contributed by atoms with E-state index in [1.165, 1.54) is 212 Å². The van der Waals surface area contributed by atoms with Crippen LogP contribution >= 0.6 is 0 Å². The number of carbonyl (C=O) groups excluding carboxylic acids is 2. The zero-order valence-corrected chi connectivity index (χ0v) is 51.5. The van der Waals surface area contributed by atoms with Crippen LogP contribution in [-0.2, 0) is 23.8 Å². The van der Waals surface area contributed by atoms with E-state index in [-0.39, 0.29) is 13.0 Å². The summed E-state index contributed by atoms with van der Waals surface area (Å²) in [7, 11) is 0. The fourth-order valence-electron chi connectivity index (χ4n) is 10.7. The van der Waals surface area contributed by atoms with E-state index in [0.717, 1.165) is 64.2 Å². The van der Waals surface area contributed by atoms with Gasteiger partial charge in [0.05, 0.1) is 25.4 Å². The van der Waals surface area contributed by atoms with Crippen LogP contribution < -0.4 is 5.32 Å². The number of carbonyl (C=O) groups is 2. The first kappa shape index (κ1) is 74.9. The molecule has 79 heavy (non-hydrogen) atoms. The highest BCUT2D eigenvalue weighted by Gasteiger charge is 2.47. The summed E-state index contributed by atoms with van der Waals surface area (Å²) in [5.41, 5.74) is 0. The number of unbranched alkanes of at least 4 members (excludes halogenated alkanes) is 40. The molecule has 8 unspecified atom stereocenters. The van der Waals surface area contributed by atoms with Crippen LogP contribution in [0.2, 0.25) is 0 Å². The molecule has 1 rings (SSSR count). The molecule has 1 heterocycles. The fraction of sp³-hybridized carbons (Fsp3) is 0.882. The molecule has 6 N–H and O–H groups in total. The second-order valence-corrected chi connectivity index (χ2v) is 23.6. The van der Waals surface area contributed by atoms with E-state index in [0.29, 0.717) is 19.3 Å². The van der Waals surface area contributed by atoms with Gasteiger partial charge in [-0.2, -0.15) is 0 Å². The van der Waals surface area contributed by atoms with Gasteiger partial charge in [0, 0.05) is 6.42 Å². The Morgan fingerprint density at radius 1 is 0.494 bits per heavy atom. The summed E-state index contributed by atoms with van der Waals surface area (Å²) >= 11 is 0. The first-order chi connectivity index (χ1) is 38.7. The van der Waals surface area contributed by atoms with Gasteiger partial charge < -0.3 is 45.1 Å². The number of ether oxygens (including phenoxy) is 3. The lowest BCUT2D eigenvalue weighted by molar-refractivity contribution is -0.305. The molecule has 0 aromatic rings. The van der Waals surface area contributed by atoms with Crippen molar-refractivity contribution in [1.29, 1.82) is 0 Å². The quantitative estimate of drug-likeness (QED) is 0.0195. The zero-order valence-electron chi connectivity index (χ0n) is 51.5. The maximum atomic E-state index is 13.4. The fourth-order valence-corrected chi connectivity index (χ4v) is 10.7. The second-order valence-electron chi connectivity index (χ2n) is 23.6. The lowest BCUT2D eigenvalue weighted by Gasteiger charge is -2.41. The second kappa shape index (κ2) is 56.4. The predicted molar refractivity (Wildman–Crippen MR) is 329 cm³/mol. The average molecular weight is 1120 g/mol. The van der Waals surface area contributed by atoms with Crippen LogP contribution in [-0.4, -0.2) is 99.6 Å². The highest BCUT2D eigenvalue weighted by Crippen LogP contribution is 2.26. The van der Waals surface area contributed by atoms with E-state index >= 15 is 0 Å². The van der Waals surface area contributed by atoms with Crippen LogP contribution in [0, 0.1) is 0 Å². The first-order valence-corrected chi connectivity index (χ1v) is 33.8. The molecular weight excluding hydrogens is 991 g/mol. The Hall–Kier alpha value is -2.12. The summed E-state index contributed by atoms with van der Waals surface area (Å²) < 4.78 is 17.6. The number of amides is 1. The van der Waals surface area contributed by atoms with Gasteiger partial charge in [-0.25, -0.2) is 0 Å². The van der Waals surface area contributed by atoms with E-state index in [4.69, 9.17) is 14.2 Å². The number of aliphatic hydroxyl groups excluding tert-OH is 5. The Labute approximate surface area is 485 Å². The van der Waals surface area contributed by atoms with Gasteiger partial charge in [-0.1, -0.05) is 295 Å². The molecule has 0 aromatic heterocycles. The van der Waals surface area contributed by atoms with Crippen LogP contribution in [0.15, 0.2) is 36.5 Å². The van der Waals surface area contributed by atoms with Crippen molar-refractivity contribution < 1.29 is 49.3 Å². The Kier molecular flexibility index (Phi) is 53.4. The molecule has 1 fully saturated rings. The maximum absolute atomic E-state index is 13.4. The molecule has 0 saturated carbocycles. The van der Waals surface area contributed by atoms with Gasteiger partial charge in [0.15, 0.2) is 12.4 Å². The average Bonchev–Trinajstić information content (AvgIpc) is 3.44. The topological polar surface area (TPSA) is 175 Å². The van der Waals surface area contributed by atoms with Crippen LogP contribution in [0.3, 0.4) is 0 Å². The summed E-state index contributed by atoms with van der Waals surface area (Å²) in [6.45, 7) is 5.79. The monoisotopic (exact) mass is 1120 g/mol. The Morgan fingerprint density at radius 3 is 1.32 bits per heavy atom. The molecular formula is C68H127NO10. The molecule has 0 spiro atoms. The van der Waals surface area contributed by atoms with Crippen molar-refractivity contribution >= 4 is 11.9 Å². The molecule has 1 aliphatic heterocycles. The van der Waals surface area contributed by atoms with E-state index in [1.54, 1.807) is 6.08 Å². The minimum Gasteiger partial charge on any atom is -0.454 e. The van der Waals surface area contributed by atoms with Gasteiger partial charge in [-0.3, -0.25) is 9.59 Å². The standard InChI is InChI=1S/C68H127NO10/c1-4-7-10-13-16-19-22-24-25-26-27-28-29-30-31-32-33-34-35-36-38-40-43-46-49-52-55-61(72)67(76)69-59(60(71)54-51-48-45-42-39-21-18-15-12-9-6-3)58-77-68-66(65(75)64(74)62(57-70)78-68)79-63(73)56-53-50-47-44-41-37-23-20-17-14-11-8-5-2/h16,19,24-25,51,54,59-62,64-66,68,70-72,74-75H,4-15,17-18,20-23,26-50,52-53,55-58H2,1-3H3,(H,69,76)/b19-16-,25-24-,54-51+. The number of esters is 1. The molecule has 0 aromatic carbocycles. The lowest BCUT2D eigenvalue weighted by Crippen LogP contribution is -2.61. The molecule has 0 aliphatic carbocycles. The van der Waals surface area contributed by atoms with E-state index in [9.17, 15) is 35.1 Å². The predicted octanol–water partition coefficient (Wildman–Crippen LogP) is 16.6. The minimum absolute atomic E-state index is 0.129. The maximum Gasteiger partial charge on any atom is 0.306 e. The third kappa shape index (κ3) is 44.1.